The van der Waals surface area contributed by atoms with E-state index in [-0.39, 0.29) is 0 Å². The third-order valence-electron chi connectivity index (χ3n) is 1.81. The fourth-order valence-electron chi connectivity index (χ4n) is 1.06. The van der Waals surface area contributed by atoms with Crippen molar-refractivity contribution in [2.45, 2.75) is 13.1 Å². The van der Waals surface area contributed by atoms with Gasteiger partial charge in [-0.3, -0.25) is 4.98 Å². The van der Waals surface area contributed by atoms with Crippen molar-refractivity contribution in [2.24, 2.45) is 5.73 Å². The number of nitrogens with two attached hydrogens (primary N) is 1. The van der Waals surface area contributed by atoms with Crippen LogP contribution in [0.15, 0.2) is 18.3 Å². The molecule has 0 aliphatic carbocycles. The third-order valence-corrected chi connectivity index (χ3v) is 1.81. The fourth-order valence-corrected chi connectivity index (χ4v) is 1.06. The molecule has 0 fully saturated rings. The number of pyridine rings is 1. The number of rotatable bonds is 4. The average molecular weight is 181 g/mol. The summed E-state index contributed by atoms with van der Waals surface area (Å²) in [6.45, 7) is 1.22. The summed E-state index contributed by atoms with van der Waals surface area (Å²) in [7, 11) is 3.52. The highest BCUT2D eigenvalue weighted by Gasteiger charge is 1.99. The molecule has 0 spiro atoms. The van der Waals surface area contributed by atoms with Crippen LogP contribution in [0.25, 0.3) is 0 Å². The lowest BCUT2D eigenvalue weighted by Crippen LogP contribution is -2.16. The predicted octanol–water partition coefficient (Wildman–Crippen LogP) is 0.533. The summed E-state index contributed by atoms with van der Waals surface area (Å²) in [6.07, 6.45) is 1.76. The lowest BCUT2D eigenvalue weighted by atomic mass is 10.2. The second-order valence-corrected chi connectivity index (χ2v) is 2.83. The van der Waals surface area contributed by atoms with Gasteiger partial charge < -0.3 is 10.6 Å². The molecule has 0 radical (unpaired) electrons. The molecule has 1 rings (SSSR count). The van der Waals surface area contributed by atoms with Gasteiger partial charge >= 0.3 is 0 Å². The van der Waals surface area contributed by atoms with Crippen LogP contribution in [-0.4, -0.2) is 24.2 Å². The molecule has 4 heteroatoms. The van der Waals surface area contributed by atoms with Crippen molar-refractivity contribution in [3.05, 3.63) is 29.6 Å². The van der Waals surface area contributed by atoms with Crippen molar-refractivity contribution in [2.75, 3.05) is 14.2 Å². The highest BCUT2D eigenvalue weighted by Crippen LogP contribution is 2.04. The van der Waals surface area contributed by atoms with E-state index in [0.29, 0.717) is 6.54 Å². The molecule has 72 valence electrons. The van der Waals surface area contributed by atoms with Gasteiger partial charge in [-0.05, 0) is 17.7 Å². The minimum atomic E-state index is 0.477. The Labute approximate surface area is 78.3 Å². The molecule has 0 saturated carbocycles. The summed E-state index contributed by atoms with van der Waals surface area (Å²) in [5.74, 6) is 0. The molecule has 4 nitrogen and oxygen atoms in total. The van der Waals surface area contributed by atoms with E-state index in [4.69, 9.17) is 10.6 Å². The van der Waals surface area contributed by atoms with Crippen LogP contribution in [0.2, 0.25) is 0 Å². The molecule has 0 bridgehead atoms. The lowest BCUT2D eigenvalue weighted by molar-refractivity contribution is -0.116. The largest absolute Gasteiger partial charge is 0.325 e. The van der Waals surface area contributed by atoms with Gasteiger partial charge in [-0.15, -0.1) is 0 Å². The molecule has 0 atom stereocenters. The Morgan fingerprint density at radius 2 is 2.38 bits per heavy atom. The number of hydrogen-bond acceptors (Lipinski definition) is 4. The molecule has 1 heterocycles. The van der Waals surface area contributed by atoms with Crippen molar-refractivity contribution < 1.29 is 4.84 Å². The van der Waals surface area contributed by atoms with Crippen molar-refractivity contribution in [1.29, 1.82) is 0 Å². The van der Waals surface area contributed by atoms with Crippen LogP contribution < -0.4 is 5.73 Å². The van der Waals surface area contributed by atoms with Crippen LogP contribution in [0.3, 0.4) is 0 Å². The van der Waals surface area contributed by atoms with Crippen molar-refractivity contribution >= 4 is 0 Å². The maximum atomic E-state index is 5.47. The average Bonchev–Trinajstić information content (AvgIpc) is 2.18. The zero-order valence-corrected chi connectivity index (χ0v) is 8.03. The van der Waals surface area contributed by atoms with Gasteiger partial charge in [0.05, 0.1) is 12.8 Å². The fraction of sp³-hybridized carbons (Fsp3) is 0.444. The Hall–Kier alpha value is -0.970. The Kier molecular flexibility index (Phi) is 3.82. The summed E-state index contributed by atoms with van der Waals surface area (Å²) in [4.78, 5) is 9.12. The van der Waals surface area contributed by atoms with E-state index in [1.807, 2.05) is 19.2 Å². The molecule has 0 aliphatic heterocycles. The molecule has 0 aliphatic rings. The number of aromatic nitrogens is 1. The molecule has 0 aromatic carbocycles. The van der Waals surface area contributed by atoms with E-state index in [9.17, 15) is 0 Å². The first-order chi connectivity index (χ1) is 6.26. The Bertz CT molecular complexity index is 265. The van der Waals surface area contributed by atoms with Crippen LogP contribution in [0.4, 0.5) is 0 Å². The van der Waals surface area contributed by atoms with Crippen LogP contribution in [0.1, 0.15) is 11.3 Å². The molecule has 2 N–H and O–H groups in total. The summed E-state index contributed by atoms with van der Waals surface area (Å²) >= 11 is 0. The topological polar surface area (TPSA) is 51.4 Å². The minimum absolute atomic E-state index is 0.477. The molecule has 1 aromatic rings. The summed E-state index contributed by atoms with van der Waals surface area (Å²) in [5, 5.41) is 1.75. The Morgan fingerprint density at radius 3 is 3.00 bits per heavy atom. The van der Waals surface area contributed by atoms with Gasteiger partial charge in [-0.25, -0.2) is 0 Å². The molecule has 0 unspecified atom stereocenters. The first kappa shape index (κ1) is 10.1. The van der Waals surface area contributed by atoms with E-state index in [2.05, 4.69) is 4.98 Å². The lowest BCUT2D eigenvalue weighted by Gasteiger charge is -2.13. The smallest absolute Gasteiger partial charge is 0.0575 e. The SMILES string of the molecule is CON(C)Cc1ccnc(CN)c1. The third kappa shape index (κ3) is 3.10. The monoisotopic (exact) mass is 181 g/mol. The van der Waals surface area contributed by atoms with Gasteiger partial charge in [0.25, 0.3) is 0 Å². The van der Waals surface area contributed by atoms with E-state index < -0.39 is 0 Å². The van der Waals surface area contributed by atoms with Crippen LogP contribution in [-0.2, 0) is 17.9 Å². The first-order valence-corrected chi connectivity index (χ1v) is 4.15. The van der Waals surface area contributed by atoms with Crippen LogP contribution >= 0.6 is 0 Å². The van der Waals surface area contributed by atoms with Gasteiger partial charge in [0.1, 0.15) is 0 Å². The maximum Gasteiger partial charge on any atom is 0.0575 e. The molecule has 13 heavy (non-hydrogen) atoms. The highest BCUT2D eigenvalue weighted by atomic mass is 16.7. The minimum Gasteiger partial charge on any atom is -0.325 e. The van der Waals surface area contributed by atoms with Gasteiger partial charge in [-0.1, -0.05) is 0 Å². The van der Waals surface area contributed by atoms with Crippen LogP contribution in [0.5, 0.6) is 0 Å². The van der Waals surface area contributed by atoms with Crippen LogP contribution in [0, 0.1) is 0 Å². The van der Waals surface area contributed by atoms with Gasteiger partial charge in [0, 0.05) is 26.3 Å². The number of nitrogens with zero attached hydrogens (tertiary/aromatic N) is 2. The standard InChI is InChI=1S/C9H15N3O/c1-12(13-2)7-8-3-4-11-9(5-8)6-10/h3-5H,6-7,10H2,1-2H3. The highest BCUT2D eigenvalue weighted by molar-refractivity contribution is 5.15. The first-order valence-electron chi connectivity index (χ1n) is 4.15. The van der Waals surface area contributed by atoms with Gasteiger partial charge in [0.15, 0.2) is 0 Å². The van der Waals surface area contributed by atoms with E-state index in [1.165, 1.54) is 0 Å². The van der Waals surface area contributed by atoms with Crippen molar-refractivity contribution in [3.63, 3.8) is 0 Å². The zero-order chi connectivity index (χ0) is 9.68. The number of hydroxylamine groups is 2. The zero-order valence-electron chi connectivity index (χ0n) is 8.03. The van der Waals surface area contributed by atoms with E-state index in [1.54, 1.807) is 18.4 Å². The normalized spacial score (nSPS) is 10.8. The second-order valence-electron chi connectivity index (χ2n) is 2.83. The molecule has 1 aromatic heterocycles. The summed E-state index contributed by atoms with van der Waals surface area (Å²) in [5.41, 5.74) is 7.53. The summed E-state index contributed by atoms with van der Waals surface area (Å²) < 4.78 is 0. The second kappa shape index (κ2) is 4.91. The quantitative estimate of drug-likeness (QED) is 0.688. The van der Waals surface area contributed by atoms with Crippen molar-refractivity contribution in [1.82, 2.24) is 10.0 Å². The predicted molar refractivity (Wildman–Crippen MR) is 50.6 cm³/mol. The maximum absolute atomic E-state index is 5.47. The Morgan fingerprint density at radius 1 is 1.62 bits per heavy atom. The van der Waals surface area contributed by atoms with Crippen molar-refractivity contribution in [3.8, 4) is 0 Å². The number of hydrogen-bond donors (Lipinski definition) is 1. The molecular weight excluding hydrogens is 166 g/mol. The molecular formula is C9H15N3O. The van der Waals surface area contributed by atoms with Gasteiger partial charge in [0.2, 0.25) is 0 Å². The van der Waals surface area contributed by atoms with E-state index in [0.717, 1.165) is 17.8 Å². The Balaban J connectivity index is 2.66. The molecule has 0 saturated heterocycles. The summed E-state index contributed by atoms with van der Waals surface area (Å²) in [6, 6.07) is 3.93. The van der Waals surface area contributed by atoms with Gasteiger partial charge in [-0.2, -0.15) is 5.06 Å². The molecule has 0 amide bonds. The van der Waals surface area contributed by atoms with E-state index >= 15 is 0 Å².